The Morgan fingerprint density at radius 1 is 1.17 bits per heavy atom. The van der Waals surface area contributed by atoms with E-state index in [0.29, 0.717) is 11.8 Å². The molecule has 0 bridgehead atoms. The normalized spacial score (nSPS) is 11.1. The van der Waals surface area contributed by atoms with Crippen molar-refractivity contribution >= 4 is 44.8 Å². The molecule has 0 saturated carbocycles. The monoisotopic (exact) mass is 343 g/mol. The predicted molar refractivity (Wildman–Crippen MR) is 97.7 cm³/mol. The zero-order valence-electron chi connectivity index (χ0n) is 12.9. The van der Waals surface area contributed by atoms with E-state index in [2.05, 4.69) is 29.4 Å². The summed E-state index contributed by atoms with van der Waals surface area (Å²) in [5.74, 6) is 0.476. The third-order valence-electron chi connectivity index (χ3n) is 3.22. The quantitative estimate of drug-likeness (QED) is 0.528. The molecule has 2 aromatic carbocycles. The fraction of sp³-hybridized carbons (Fsp3) is 0.235. The summed E-state index contributed by atoms with van der Waals surface area (Å²) in [5, 5.41) is 14.4. The predicted octanol–water partition coefficient (Wildman–Crippen LogP) is 4.49. The molecule has 0 aliphatic carbocycles. The zero-order valence-corrected chi connectivity index (χ0v) is 14.6. The van der Waals surface area contributed by atoms with Crippen molar-refractivity contribution in [2.24, 2.45) is 0 Å². The van der Waals surface area contributed by atoms with Crippen LogP contribution in [0.5, 0.6) is 0 Å². The molecule has 0 unspecified atom stereocenters. The van der Waals surface area contributed by atoms with Crippen molar-refractivity contribution in [1.29, 1.82) is 0 Å². The van der Waals surface area contributed by atoms with Crippen LogP contribution >= 0.6 is 23.1 Å². The molecule has 0 aliphatic rings. The Bertz CT molecular complexity index is 829. The number of aromatic nitrogens is 2. The number of carbonyl (C=O) groups excluding carboxylic acids is 1. The second-order valence-corrected chi connectivity index (χ2v) is 7.65. The van der Waals surface area contributed by atoms with Crippen molar-refractivity contribution in [3.8, 4) is 0 Å². The summed E-state index contributed by atoms with van der Waals surface area (Å²) < 4.78 is 0.808. The summed E-state index contributed by atoms with van der Waals surface area (Å²) >= 11 is 2.91. The van der Waals surface area contributed by atoms with Crippen LogP contribution in [0.4, 0.5) is 5.13 Å². The van der Waals surface area contributed by atoms with E-state index in [1.54, 1.807) is 0 Å². The first-order chi connectivity index (χ1) is 11.1. The number of nitrogens with one attached hydrogen (secondary N) is 1. The van der Waals surface area contributed by atoms with Crippen LogP contribution in [-0.4, -0.2) is 27.8 Å². The van der Waals surface area contributed by atoms with Gasteiger partial charge in [0, 0.05) is 11.6 Å². The van der Waals surface area contributed by atoms with Gasteiger partial charge in [-0.15, -0.1) is 10.2 Å². The number of ketones is 1. The van der Waals surface area contributed by atoms with E-state index in [9.17, 15) is 4.79 Å². The Morgan fingerprint density at radius 3 is 2.74 bits per heavy atom. The van der Waals surface area contributed by atoms with Gasteiger partial charge in [-0.3, -0.25) is 4.79 Å². The molecule has 0 aliphatic heterocycles. The minimum atomic E-state index is 0.106. The van der Waals surface area contributed by atoms with Gasteiger partial charge in [-0.1, -0.05) is 59.5 Å². The summed E-state index contributed by atoms with van der Waals surface area (Å²) in [6.45, 7) is 4.11. The number of benzene rings is 2. The van der Waals surface area contributed by atoms with Crippen LogP contribution in [0.25, 0.3) is 10.8 Å². The fourth-order valence-corrected chi connectivity index (χ4v) is 3.94. The molecule has 6 heteroatoms. The molecular formula is C17H17N3OS2. The number of Topliss-reactive ketones (excluding diaryl/α,β-unsaturated/α-hetero) is 1. The maximum Gasteiger partial charge on any atom is 0.206 e. The molecule has 4 nitrogen and oxygen atoms in total. The van der Waals surface area contributed by atoms with Crippen LogP contribution in [0.2, 0.25) is 0 Å². The first-order valence-electron chi connectivity index (χ1n) is 7.36. The highest BCUT2D eigenvalue weighted by Gasteiger charge is 2.11. The summed E-state index contributed by atoms with van der Waals surface area (Å²) in [4.78, 5) is 12.4. The molecule has 3 rings (SSSR count). The third-order valence-corrected chi connectivity index (χ3v) is 5.20. The Labute approximate surface area is 143 Å². The van der Waals surface area contributed by atoms with Crippen LogP contribution in [0.15, 0.2) is 46.8 Å². The molecule has 0 radical (unpaired) electrons. The molecule has 1 heterocycles. The average Bonchev–Trinajstić information content (AvgIpc) is 2.98. The highest BCUT2D eigenvalue weighted by Crippen LogP contribution is 2.27. The standard InChI is InChI=1S/C17H17N3OS2/c1-11(2)18-16-19-20-17(23-16)22-10-15(21)14-8-7-12-5-3-4-6-13(12)9-14/h3-9,11H,10H2,1-2H3,(H,18,19). The van der Waals surface area contributed by atoms with Gasteiger partial charge < -0.3 is 5.32 Å². The number of hydrogen-bond acceptors (Lipinski definition) is 6. The van der Waals surface area contributed by atoms with Crippen molar-refractivity contribution in [3.05, 3.63) is 48.0 Å². The number of hydrogen-bond donors (Lipinski definition) is 1. The van der Waals surface area contributed by atoms with Crippen LogP contribution < -0.4 is 5.32 Å². The molecule has 1 N–H and O–H groups in total. The number of thioether (sulfide) groups is 1. The Hall–Kier alpha value is -1.92. The van der Waals surface area contributed by atoms with Crippen molar-refractivity contribution in [1.82, 2.24) is 10.2 Å². The van der Waals surface area contributed by atoms with Gasteiger partial charge in [0.15, 0.2) is 10.1 Å². The minimum absolute atomic E-state index is 0.106. The lowest BCUT2D eigenvalue weighted by atomic mass is 10.1. The van der Waals surface area contributed by atoms with E-state index in [-0.39, 0.29) is 5.78 Å². The highest BCUT2D eigenvalue weighted by molar-refractivity contribution is 8.01. The zero-order chi connectivity index (χ0) is 16.2. The number of nitrogens with zero attached hydrogens (tertiary/aromatic N) is 2. The summed E-state index contributed by atoms with van der Waals surface area (Å²) in [7, 11) is 0. The minimum Gasteiger partial charge on any atom is -0.358 e. The van der Waals surface area contributed by atoms with Crippen LogP contribution in [0.3, 0.4) is 0 Å². The molecule has 3 aromatic rings. The van der Waals surface area contributed by atoms with Gasteiger partial charge in [0.25, 0.3) is 0 Å². The van der Waals surface area contributed by atoms with Gasteiger partial charge in [-0.05, 0) is 30.7 Å². The Balaban J connectivity index is 1.65. The van der Waals surface area contributed by atoms with Gasteiger partial charge >= 0.3 is 0 Å². The van der Waals surface area contributed by atoms with Gasteiger partial charge in [-0.2, -0.15) is 0 Å². The highest BCUT2D eigenvalue weighted by atomic mass is 32.2. The fourth-order valence-electron chi connectivity index (χ4n) is 2.15. The summed E-state index contributed by atoms with van der Waals surface area (Å²) in [6, 6.07) is 14.2. The summed E-state index contributed by atoms with van der Waals surface area (Å²) in [6.07, 6.45) is 0. The molecule has 23 heavy (non-hydrogen) atoms. The van der Waals surface area contributed by atoms with E-state index in [1.165, 1.54) is 23.1 Å². The smallest absolute Gasteiger partial charge is 0.206 e. The SMILES string of the molecule is CC(C)Nc1nnc(SCC(=O)c2ccc3ccccc3c2)s1. The van der Waals surface area contributed by atoms with Crippen molar-refractivity contribution in [2.45, 2.75) is 24.2 Å². The van der Waals surface area contributed by atoms with E-state index < -0.39 is 0 Å². The van der Waals surface area contributed by atoms with E-state index in [1.807, 2.05) is 42.5 Å². The van der Waals surface area contributed by atoms with Gasteiger partial charge in [0.1, 0.15) is 0 Å². The first kappa shape index (κ1) is 16.0. The topological polar surface area (TPSA) is 54.9 Å². The van der Waals surface area contributed by atoms with Crippen molar-refractivity contribution in [2.75, 3.05) is 11.1 Å². The second-order valence-electron chi connectivity index (χ2n) is 5.45. The number of fused-ring (bicyclic) bond motifs is 1. The molecule has 1 aromatic heterocycles. The molecule has 0 fully saturated rings. The second kappa shape index (κ2) is 7.10. The average molecular weight is 343 g/mol. The lowest BCUT2D eigenvalue weighted by molar-refractivity contribution is 0.102. The molecule has 0 atom stereocenters. The van der Waals surface area contributed by atoms with Crippen LogP contribution in [0, 0.1) is 0 Å². The van der Waals surface area contributed by atoms with Crippen molar-refractivity contribution in [3.63, 3.8) is 0 Å². The lowest BCUT2D eigenvalue weighted by Crippen LogP contribution is -2.08. The maximum atomic E-state index is 12.4. The van der Waals surface area contributed by atoms with E-state index >= 15 is 0 Å². The van der Waals surface area contributed by atoms with E-state index in [0.717, 1.165) is 25.8 Å². The summed E-state index contributed by atoms with van der Waals surface area (Å²) in [5.41, 5.74) is 0.737. The molecular weight excluding hydrogens is 326 g/mol. The number of carbonyl (C=O) groups is 1. The van der Waals surface area contributed by atoms with Crippen molar-refractivity contribution < 1.29 is 4.79 Å². The van der Waals surface area contributed by atoms with Crippen LogP contribution in [0.1, 0.15) is 24.2 Å². The maximum absolute atomic E-state index is 12.4. The third kappa shape index (κ3) is 4.09. The number of rotatable bonds is 6. The molecule has 118 valence electrons. The lowest BCUT2D eigenvalue weighted by Gasteiger charge is -2.03. The molecule has 0 saturated heterocycles. The Kier molecular flexibility index (Phi) is 4.93. The van der Waals surface area contributed by atoms with Crippen LogP contribution in [-0.2, 0) is 0 Å². The Morgan fingerprint density at radius 2 is 1.96 bits per heavy atom. The largest absolute Gasteiger partial charge is 0.358 e. The van der Waals surface area contributed by atoms with Gasteiger partial charge in [0.05, 0.1) is 5.75 Å². The first-order valence-corrected chi connectivity index (χ1v) is 9.17. The van der Waals surface area contributed by atoms with Gasteiger partial charge in [0.2, 0.25) is 5.13 Å². The van der Waals surface area contributed by atoms with Gasteiger partial charge in [-0.25, -0.2) is 0 Å². The number of anilines is 1. The molecule has 0 amide bonds. The van der Waals surface area contributed by atoms with E-state index in [4.69, 9.17) is 0 Å². The molecule has 0 spiro atoms.